The molecule has 2 amide bonds. The monoisotopic (exact) mass is 330 g/mol. The van der Waals surface area contributed by atoms with Gasteiger partial charge in [0.25, 0.3) is 5.91 Å². The maximum absolute atomic E-state index is 12.9. The lowest BCUT2D eigenvalue weighted by Crippen LogP contribution is -2.51. The number of amides is 2. The molecular weight excluding hydrogens is 304 g/mol. The average Bonchev–Trinajstić information content (AvgIpc) is 2.77. The van der Waals surface area contributed by atoms with Gasteiger partial charge in [0.2, 0.25) is 5.91 Å². The first-order valence-corrected chi connectivity index (χ1v) is 8.71. The zero-order chi connectivity index (χ0) is 17.5. The first kappa shape index (κ1) is 17.0. The zero-order valence-electron chi connectivity index (χ0n) is 14.7. The van der Waals surface area contributed by atoms with E-state index in [-0.39, 0.29) is 17.7 Å². The Balaban J connectivity index is 1.75. The van der Waals surface area contributed by atoms with E-state index in [0.717, 1.165) is 11.3 Å². The number of carbonyl (C=O) groups is 2. The largest absolute Gasteiger partial charge is 0.383 e. The quantitative estimate of drug-likeness (QED) is 0.921. The number of nitrogens with zero attached hydrogens (tertiary/aromatic N) is 2. The number of anilines is 1. The van der Waals surface area contributed by atoms with Crippen LogP contribution < -0.4 is 4.90 Å². The molecule has 2 heterocycles. The van der Waals surface area contributed by atoms with Crippen LogP contribution in [0.15, 0.2) is 24.3 Å². The van der Waals surface area contributed by atoms with Gasteiger partial charge in [-0.3, -0.25) is 9.59 Å². The van der Waals surface area contributed by atoms with Crippen LogP contribution in [-0.2, 0) is 15.0 Å². The van der Waals surface area contributed by atoms with E-state index < -0.39 is 11.5 Å². The number of fused-ring (bicyclic) bond motifs is 2. The molecule has 0 saturated carbocycles. The minimum absolute atomic E-state index is 0.124. The number of piperidine rings is 1. The maximum Gasteiger partial charge on any atom is 0.251 e. The standard InChI is InChI=1S/C19H26N2O3/c1-13(2)12-16(22)17(23)21-10-8-19(9-11-21)14-6-4-5-7-15(14)20(3)18(19)24/h4-7,13,16,22H,8-12H2,1-3H3/t16-/m0/s1. The highest BCUT2D eigenvalue weighted by Crippen LogP contribution is 2.47. The fourth-order valence-electron chi connectivity index (χ4n) is 4.07. The van der Waals surface area contributed by atoms with Gasteiger partial charge in [0.15, 0.2) is 0 Å². The predicted molar refractivity (Wildman–Crippen MR) is 92.8 cm³/mol. The number of aliphatic hydroxyl groups excluding tert-OH is 1. The van der Waals surface area contributed by atoms with Crippen LogP contribution in [0.1, 0.15) is 38.7 Å². The van der Waals surface area contributed by atoms with Gasteiger partial charge in [0.05, 0.1) is 5.41 Å². The molecule has 0 unspecified atom stereocenters. The van der Waals surface area contributed by atoms with Gasteiger partial charge in [-0.1, -0.05) is 32.0 Å². The van der Waals surface area contributed by atoms with Gasteiger partial charge in [-0.05, 0) is 36.8 Å². The molecule has 3 rings (SSSR count). The Hall–Kier alpha value is -1.88. The van der Waals surface area contributed by atoms with Crippen LogP contribution in [0.5, 0.6) is 0 Å². The molecule has 1 atom stereocenters. The molecule has 1 fully saturated rings. The summed E-state index contributed by atoms with van der Waals surface area (Å²) in [5.41, 5.74) is 1.54. The molecule has 5 nitrogen and oxygen atoms in total. The Morgan fingerprint density at radius 3 is 2.50 bits per heavy atom. The first-order chi connectivity index (χ1) is 11.4. The van der Waals surface area contributed by atoms with Gasteiger partial charge in [0.1, 0.15) is 6.10 Å². The summed E-state index contributed by atoms with van der Waals surface area (Å²) >= 11 is 0. The number of carbonyl (C=O) groups excluding carboxylic acids is 2. The summed E-state index contributed by atoms with van der Waals surface area (Å²) in [6.45, 7) is 5.02. The summed E-state index contributed by atoms with van der Waals surface area (Å²) in [6, 6.07) is 7.92. The average molecular weight is 330 g/mol. The van der Waals surface area contributed by atoms with E-state index in [2.05, 4.69) is 0 Å². The molecule has 0 bridgehead atoms. The van der Waals surface area contributed by atoms with E-state index in [1.54, 1.807) is 9.80 Å². The third-order valence-corrected chi connectivity index (χ3v) is 5.40. The lowest BCUT2D eigenvalue weighted by atomic mass is 9.73. The zero-order valence-corrected chi connectivity index (χ0v) is 14.7. The van der Waals surface area contributed by atoms with Crippen LogP contribution in [0.25, 0.3) is 0 Å². The number of benzene rings is 1. The van der Waals surface area contributed by atoms with Crippen molar-refractivity contribution >= 4 is 17.5 Å². The Morgan fingerprint density at radius 1 is 1.25 bits per heavy atom. The van der Waals surface area contributed by atoms with Crippen molar-refractivity contribution in [3.63, 3.8) is 0 Å². The molecular formula is C19H26N2O3. The normalized spacial score (nSPS) is 20.6. The third kappa shape index (κ3) is 2.61. The van der Waals surface area contributed by atoms with Crippen molar-refractivity contribution < 1.29 is 14.7 Å². The molecule has 1 N–H and O–H groups in total. The van der Waals surface area contributed by atoms with Gasteiger partial charge in [-0.15, -0.1) is 0 Å². The Labute approximate surface area is 143 Å². The van der Waals surface area contributed by atoms with Gasteiger partial charge in [-0.25, -0.2) is 0 Å². The molecule has 1 aromatic rings. The van der Waals surface area contributed by atoms with E-state index in [1.807, 2.05) is 45.2 Å². The molecule has 0 radical (unpaired) electrons. The lowest BCUT2D eigenvalue weighted by molar-refractivity contribution is -0.144. The summed E-state index contributed by atoms with van der Waals surface area (Å²) in [7, 11) is 1.82. The molecule has 2 aliphatic heterocycles. The fourth-order valence-corrected chi connectivity index (χ4v) is 4.07. The van der Waals surface area contributed by atoms with Crippen LogP contribution in [0.3, 0.4) is 0 Å². The van der Waals surface area contributed by atoms with Crippen molar-refractivity contribution in [3.8, 4) is 0 Å². The molecule has 1 aromatic carbocycles. The van der Waals surface area contributed by atoms with Crippen LogP contribution >= 0.6 is 0 Å². The maximum atomic E-state index is 12.9. The van der Waals surface area contributed by atoms with Crippen LogP contribution in [0.2, 0.25) is 0 Å². The number of hydrogen-bond acceptors (Lipinski definition) is 3. The van der Waals surface area contributed by atoms with Crippen LogP contribution in [0.4, 0.5) is 5.69 Å². The summed E-state index contributed by atoms with van der Waals surface area (Å²) in [4.78, 5) is 28.7. The summed E-state index contributed by atoms with van der Waals surface area (Å²) in [5.74, 6) is 0.196. The smallest absolute Gasteiger partial charge is 0.251 e. The van der Waals surface area contributed by atoms with E-state index in [4.69, 9.17) is 0 Å². The second-order valence-electron chi connectivity index (χ2n) is 7.43. The van der Waals surface area contributed by atoms with Crippen molar-refractivity contribution in [1.29, 1.82) is 0 Å². The highest BCUT2D eigenvalue weighted by Gasteiger charge is 2.51. The lowest BCUT2D eigenvalue weighted by Gasteiger charge is -2.39. The summed E-state index contributed by atoms with van der Waals surface area (Å²) < 4.78 is 0. The Bertz CT molecular complexity index is 648. The summed E-state index contributed by atoms with van der Waals surface area (Å²) in [6.07, 6.45) is 0.777. The SMILES string of the molecule is CC(C)C[C@H](O)C(=O)N1CCC2(CC1)C(=O)N(C)c1ccccc12. The molecule has 130 valence electrons. The van der Waals surface area contributed by atoms with E-state index in [1.165, 1.54) is 0 Å². The number of para-hydroxylation sites is 1. The number of likely N-dealkylation sites (N-methyl/N-ethyl adjacent to an activating group) is 1. The highest BCUT2D eigenvalue weighted by molar-refractivity contribution is 6.07. The first-order valence-electron chi connectivity index (χ1n) is 8.71. The van der Waals surface area contributed by atoms with E-state index >= 15 is 0 Å². The van der Waals surface area contributed by atoms with Crippen LogP contribution in [-0.4, -0.2) is 48.1 Å². The van der Waals surface area contributed by atoms with Crippen LogP contribution in [0, 0.1) is 5.92 Å². The van der Waals surface area contributed by atoms with Crippen molar-refractivity contribution in [2.45, 2.75) is 44.6 Å². The molecule has 1 saturated heterocycles. The van der Waals surface area contributed by atoms with Gasteiger partial charge in [0, 0.05) is 25.8 Å². The Morgan fingerprint density at radius 2 is 1.88 bits per heavy atom. The number of rotatable bonds is 3. The number of hydrogen-bond donors (Lipinski definition) is 1. The molecule has 0 aliphatic carbocycles. The topological polar surface area (TPSA) is 60.9 Å². The minimum Gasteiger partial charge on any atom is -0.383 e. The number of aliphatic hydroxyl groups is 1. The molecule has 2 aliphatic rings. The fraction of sp³-hybridized carbons (Fsp3) is 0.579. The summed E-state index contributed by atoms with van der Waals surface area (Å²) in [5, 5.41) is 10.1. The molecule has 1 spiro atoms. The second kappa shape index (κ2) is 6.20. The number of likely N-dealkylation sites (tertiary alicyclic amines) is 1. The second-order valence-corrected chi connectivity index (χ2v) is 7.43. The van der Waals surface area contributed by atoms with Gasteiger partial charge in [-0.2, -0.15) is 0 Å². The molecule has 5 heteroatoms. The Kier molecular flexibility index (Phi) is 4.38. The van der Waals surface area contributed by atoms with E-state index in [0.29, 0.717) is 32.4 Å². The minimum atomic E-state index is -0.937. The van der Waals surface area contributed by atoms with Crippen molar-refractivity contribution in [2.75, 3.05) is 25.0 Å². The third-order valence-electron chi connectivity index (χ3n) is 5.40. The molecule has 24 heavy (non-hydrogen) atoms. The van der Waals surface area contributed by atoms with Gasteiger partial charge >= 0.3 is 0 Å². The predicted octanol–water partition coefficient (Wildman–Crippen LogP) is 1.93. The van der Waals surface area contributed by atoms with Gasteiger partial charge < -0.3 is 14.9 Å². The van der Waals surface area contributed by atoms with E-state index in [9.17, 15) is 14.7 Å². The van der Waals surface area contributed by atoms with Crippen molar-refractivity contribution in [3.05, 3.63) is 29.8 Å². The highest BCUT2D eigenvalue weighted by atomic mass is 16.3. The van der Waals surface area contributed by atoms with Crippen molar-refractivity contribution in [1.82, 2.24) is 4.90 Å². The van der Waals surface area contributed by atoms with Crippen molar-refractivity contribution in [2.24, 2.45) is 5.92 Å². The molecule has 0 aromatic heterocycles.